The standard InChI is InChI=1S/C17H32O2.C13H24O4.C6H12O2/c1-7-16(12-18-14(16,3)4)10-9-11-17(8-2)13-19-15(17,5)6;1-4-13(9-17-12(13)15-3)7-5-6-10-8-16-11(10)14-2;1-6(2)4-8-5(6)7-3/h7-13H2,1-6H3;10-12H,4-9H2,1-3H3;5H,4H2,1-3H3. The van der Waals surface area contributed by atoms with E-state index in [0.717, 1.165) is 39.5 Å². The minimum atomic E-state index is 0.00311. The topological polar surface area (TPSA) is 73.8 Å². The van der Waals surface area contributed by atoms with Gasteiger partial charge in [0.05, 0.1) is 44.2 Å². The molecule has 5 aliphatic heterocycles. The van der Waals surface area contributed by atoms with Crippen LogP contribution in [0.5, 0.6) is 0 Å². The maximum atomic E-state index is 5.79. The maximum Gasteiger partial charge on any atom is 0.164 e. The van der Waals surface area contributed by atoms with Gasteiger partial charge in [0.1, 0.15) is 0 Å². The number of rotatable bonds is 14. The second kappa shape index (κ2) is 15.3. The van der Waals surface area contributed by atoms with E-state index >= 15 is 0 Å². The van der Waals surface area contributed by atoms with E-state index < -0.39 is 0 Å². The average Bonchev–Trinajstić information content (AvgIpc) is 2.96. The molecule has 0 amide bonds. The van der Waals surface area contributed by atoms with Crippen LogP contribution < -0.4 is 0 Å². The molecule has 0 aliphatic carbocycles. The molecule has 0 aromatic carbocycles. The first-order chi connectivity index (χ1) is 20.7. The summed E-state index contributed by atoms with van der Waals surface area (Å²) in [7, 11) is 5.12. The van der Waals surface area contributed by atoms with Crippen molar-refractivity contribution in [2.45, 2.75) is 150 Å². The van der Waals surface area contributed by atoms with Crippen LogP contribution in [0.25, 0.3) is 0 Å². The zero-order valence-electron chi connectivity index (χ0n) is 30.5. The summed E-state index contributed by atoms with van der Waals surface area (Å²) in [5, 5.41) is 0. The van der Waals surface area contributed by atoms with Crippen molar-refractivity contribution in [1.29, 1.82) is 0 Å². The van der Waals surface area contributed by atoms with E-state index in [1.165, 1.54) is 51.4 Å². The summed E-state index contributed by atoms with van der Waals surface area (Å²) in [6, 6.07) is 0. The third-order valence-corrected chi connectivity index (χ3v) is 12.4. The third-order valence-electron chi connectivity index (χ3n) is 12.4. The summed E-state index contributed by atoms with van der Waals surface area (Å²) in [5.74, 6) is 0.580. The zero-order chi connectivity index (χ0) is 32.9. The molecule has 0 bridgehead atoms. The van der Waals surface area contributed by atoms with Gasteiger partial charge in [-0.3, -0.25) is 0 Å². The quantitative estimate of drug-likeness (QED) is 0.193. The highest BCUT2D eigenvalue weighted by atomic mass is 16.7. The van der Waals surface area contributed by atoms with Gasteiger partial charge in [-0.05, 0) is 72.6 Å². The third kappa shape index (κ3) is 7.69. The highest BCUT2D eigenvalue weighted by molar-refractivity contribution is 5.04. The van der Waals surface area contributed by atoms with Crippen LogP contribution in [-0.2, 0) is 37.9 Å². The van der Waals surface area contributed by atoms with Gasteiger partial charge in [-0.25, -0.2) is 0 Å². The van der Waals surface area contributed by atoms with Gasteiger partial charge in [-0.15, -0.1) is 0 Å². The second-order valence-electron chi connectivity index (χ2n) is 15.8. The van der Waals surface area contributed by atoms with Crippen molar-refractivity contribution >= 4 is 0 Å². The van der Waals surface area contributed by atoms with E-state index in [2.05, 4.69) is 62.3 Å². The van der Waals surface area contributed by atoms with Crippen LogP contribution in [0.3, 0.4) is 0 Å². The van der Waals surface area contributed by atoms with Gasteiger partial charge in [0.25, 0.3) is 0 Å². The Morgan fingerprint density at radius 3 is 1.36 bits per heavy atom. The minimum Gasteiger partial charge on any atom is -0.374 e. The van der Waals surface area contributed by atoms with Crippen molar-refractivity contribution in [3.05, 3.63) is 0 Å². The van der Waals surface area contributed by atoms with Gasteiger partial charge in [0, 0.05) is 48.9 Å². The van der Waals surface area contributed by atoms with E-state index in [9.17, 15) is 0 Å². The molecular weight excluding hydrogens is 560 g/mol. The molecule has 8 heteroatoms. The molecular formula is C36H68O8. The normalized spacial score (nSPS) is 39.0. The smallest absolute Gasteiger partial charge is 0.164 e. The van der Waals surface area contributed by atoms with Gasteiger partial charge >= 0.3 is 0 Å². The Balaban J connectivity index is 0.000000194. The van der Waals surface area contributed by atoms with E-state index in [0.29, 0.717) is 16.7 Å². The molecule has 5 heterocycles. The van der Waals surface area contributed by atoms with Crippen molar-refractivity contribution in [2.75, 3.05) is 54.4 Å². The Kier molecular flexibility index (Phi) is 13.2. The zero-order valence-corrected chi connectivity index (χ0v) is 30.5. The van der Waals surface area contributed by atoms with Crippen LogP contribution >= 0.6 is 0 Å². The molecule has 5 fully saturated rings. The van der Waals surface area contributed by atoms with Crippen molar-refractivity contribution in [1.82, 2.24) is 0 Å². The molecule has 8 nitrogen and oxygen atoms in total. The summed E-state index contributed by atoms with van der Waals surface area (Å²) in [5.41, 5.74) is 1.48. The molecule has 5 rings (SSSR count). The SMILES string of the molecule is CCC1(CCCC2(CC)COC2(C)C)COC1(C)C.CCC1(CCCC2COC2OC)COC1OC.COC1OCC1(C)C. The van der Waals surface area contributed by atoms with E-state index in [4.69, 9.17) is 37.9 Å². The lowest BCUT2D eigenvalue weighted by Crippen LogP contribution is -2.60. The van der Waals surface area contributed by atoms with Crippen LogP contribution in [0, 0.1) is 27.6 Å². The highest BCUT2D eigenvalue weighted by Crippen LogP contribution is 2.54. The summed E-state index contributed by atoms with van der Waals surface area (Å²) >= 11 is 0. The number of hydrogen-bond acceptors (Lipinski definition) is 8. The first-order valence-corrected chi connectivity index (χ1v) is 17.4. The lowest BCUT2D eigenvalue weighted by molar-refractivity contribution is -0.304. The fraction of sp³-hybridized carbons (Fsp3) is 1.00. The van der Waals surface area contributed by atoms with Crippen LogP contribution in [0.4, 0.5) is 0 Å². The molecule has 0 saturated carbocycles. The Morgan fingerprint density at radius 1 is 0.591 bits per heavy atom. The molecule has 7 atom stereocenters. The predicted octanol–water partition coefficient (Wildman–Crippen LogP) is 7.76. The van der Waals surface area contributed by atoms with E-state index in [1.807, 2.05) is 0 Å². The highest BCUT2D eigenvalue weighted by Gasteiger charge is 2.55. The number of hydrogen-bond donors (Lipinski definition) is 0. The lowest BCUT2D eigenvalue weighted by atomic mass is 9.61. The molecule has 0 N–H and O–H groups in total. The molecule has 0 aromatic rings. The summed E-state index contributed by atoms with van der Waals surface area (Å²) in [4.78, 5) is 0. The Hall–Kier alpha value is -0.320. The van der Waals surface area contributed by atoms with Gasteiger partial charge in [-0.1, -0.05) is 47.5 Å². The molecule has 5 aliphatic rings. The molecule has 0 aromatic heterocycles. The minimum absolute atomic E-state index is 0.00311. The summed E-state index contributed by atoms with van der Waals surface area (Å²) in [6.07, 6.45) is 11.1. The van der Waals surface area contributed by atoms with Crippen LogP contribution in [0.1, 0.15) is 120 Å². The van der Waals surface area contributed by atoms with Crippen LogP contribution in [0.15, 0.2) is 0 Å². The Bertz CT molecular complexity index is 826. The van der Waals surface area contributed by atoms with Crippen molar-refractivity contribution in [2.24, 2.45) is 27.6 Å². The summed E-state index contributed by atoms with van der Waals surface area (Å²) < 4.78 is 43.0. The lowest BCUT2D eigenvalue weighted by Gasteiger charge is -2.58. The van der Waals surface area contributed by atoms with Crippen molar-refractivity contribution in [3.8, 4) is 0 Å². The monoisotopic (exact) mass is 628 g/mol. The fourth-order valence-corrected chi connectivity index (χ4v) is 7.77. The first-order valence-electron chi connectivity index (χ1n) is 17.4. The van der Waals surface area contributed by atoms with Crippen LogP contribution in [-0.4, -0.2) is 84.4 Å². The van der Waals surface area contributed by atoms with Gasteiger partial charge < -0.3 is 37.9 Å². The first kappa shape index (κ1) is 38.1. The molecule has 5 saturated heterocycles. The number of ether oxygens (including phenoxy) is 8. The predicted molar refractivity (Wildman–Crippen MR) is 173 cm³/mol. The largest absolute Gasteiger partial charge is 0.374 e. The maximum absolute atomic E-state index is 5.79. The van der Waals surface area contributed by atoms with Gasteiger partial charge in [-0.2, -0.15) is 0 Å². The molecule has 0 spiro atoms. The van der Waals surface area contributed by atoms with Gasteiger partial charge in [0.2, 0.25) is 0 Å². The average molecular weight is 629 g/mol. The van der Waals surface area contributed by atoms with E-state index in [1.54, 1.807) is 21.3 Å². The Morgan fingerprint density at radius 2 is 1.14 bits per heavy atom. The molecule has 7 unspecified atom stereocenters. The molecule has 260 valence electrons. The Labute approximate surface area is 269 Å². The van der Waals surface area contributed by atoms with Gasteiger partial charge in [0.15, 0.2) is 18.9 Å². The van der Waals surface area contributed by atoms with Crippen molar-refractivity contribution in [3.63, 3.8) is 0 Å². The molecule has 0 radical (unpaired) electrons. The van der Waals surface area contributed by atoms with Crippen molar-refractivity contribution < 1.29 is 37.9 Å². The summed E-state index contributed by atoms with van der Waals surface area (Å²) in [6.45, 7) is 24.6. The van der Waals surface area contributed by atoms with E-state index in [-0.39, 0.29) is 40.9 Å². The fourth-order valence-electron chi connectivity index (χ4n) is 7.77. The number of methoxy groups -OCH3 is 3. The second-order valence-corrected chi connectivity index (χ2v) is 15.8. The molecule has 44 heavy (non-hydrogen) atoms. The van der Waals surface area contributed by atoms with Crippen LogP contribution in [0.2, 0.25) is 0 Å².